The molecule has 2 atom stereocenters. The SMILES string of the molecule is COc1ccc(CC(=O)N2C[C@@H](CN(C)C)[C@@H](CO)C2)cc1. The normalized spacial score (nSPS) is 21.4. The Morgan fingerprint density at radius 1 is 1.27 bits per heavy atom. The maximum absolute atomic E-state index is 12.5. The lowest BCUT2D eigenvalue weighted by molar-refractivity contribution is -0.129. The van der Waals surface area contributed by atoms with E-state index in [-0.39, 0.29) is 18.4 Å². The molecule has 0 saturated carbocycles. The Labute approximate surface area is 132 Å². The Balaban J connectivity index is 1.94. The molecule has 22 heavy (non-hydrogen) atoms. The van der Waals surface area contributed by atoms with Crippen LogP contribution >= 0.6 is 0 Å². The number of benzene rings is 1. The molecule has 1 aromatic carbocycles. The van der Waals surface area contributed by atoms with Crippen molar-refractivity contribution in [3.05, 3.63) is 29.8 Å². The van der Waals surface area contributed by atoms with E-state index < -0.39 is 0 Å². The number of aliphatic hydroxyl groups is 1. The Kier molecular flexibility index (Phi) is 5.80. The Morgan fingerprint density at radius 3 is 2.45 bits per heavy atom. The molecular weight excluding hydrogens is 280 g/mol. The average molecular weight is 306 g/mol. The van der Waals surface area contributed by atoms with Crippen molar-refractivity contribution in [1.82, 2.24) is 9.80 Å². The third kappa shape index (κ3) is 4.21. The molecule has 0 radical (unpaired) electrons. The van der Waals surface area contributed by atoms with Gasteiger partial charge in [-0.1, -0.05) is 12.1 Å². The minimum Gasteiger partial charge on any atom is -0.497 e. The molecule has 5 nitrogen and oxygen atoms in total. The lowest BCUT2D eigenvalue weighted by Crippen LogP contribution is -2.31. The second-order valence-electron chi connectivity index (χ2n) is 6.29. The number of hydrogen-bond donors (Lipinski definition) is 1. The van der Waals surface area contributed by atoms with Gasteiger partial charge in [0.15, 0.2) is 0 Å². The largest absolute Gasteiger partial charge is 0.497 e. The van der Waals surface area contributed by atoms with Gasteiger partial charge in [-0.05, 0) is 37.7 Å². The van der Waals surface area contributed by atoms with Crippen LogP contribution in [-0.2, 0) is 11.2 Å². The van der Waals surface area contributed by atoms with E-state index >= 15 is 0 Å². The van der Waals surface area contributed by atoms with Crippen molar-refractivity contribution >= 4 is 5.91 Å². The van der Waals surface area contributed by atoms with E-state index in [1.807, 2.05) is 43.3 Å². The number of rotatable bonds is 6. The highest BCUT2D eigenvalue weighted by Crippen LogP contribution is 2.24. The molecule has 2 rings (SSSR count). The monoisotopic (exact) mass is 306 g/mol. The van der Waals surface area contributed by atoms with Crippen molar-refractivity contribution in [3.8, 4) is 5.75 Å². The van der Waals surface area contributed by atoms with Gasteiger partial charge in [0, 0.05) is 32.2 Å². The molecule has 0 bridgehead atoms. The van der Waals surface area contributed by atoms with Gasteiger partial charge in [-0.2, -0.15) is 0 Å². The molecule has 1 fully saturated rings. The number of methoxy groups -OCH3 is 1. The summed E-state index contributed by atoms with van der Waals surface area (Å²) >= 11 is 0. The third-order valence-corrected chi connectivity index (χ3v) is 4.28. The van der Waals surface area contributed by atoms with E-state index in [0.717, 1.165) is 24.4 Å². The number of amides is 1. The zero-order chi connectivity index (χ0) is 16.1. The number of nitrogens with zero attached hydrogens (tertiary/aromatic N) is 2. The molecule has 1 saturated heterocycles. The van der Waals surface area contributed by atoms with Crippen molar-refractivity contribution in [2.24, 2.45) is 11.8 Å². The number of carbonyl (C=O) groups excluding carboxylic acids is 1. The van der Waals surface area contributed by atoms with Gasteiger partial charge in [0.2, 0.25) is 5.91 Å². The fourth-order valence-electron chi connectivity index (χ4n) is 3.05. The summed E-state index contributed by atoms with van der Waals surface area (Å²) in [5, 5.41) is 9.53. The average Bonchev–Trinajstić information content (AvgIpc) is 2.90. The zero-order valence-corrected chi connectivity index (χ0v) is 13.7. The topological polar surface area (TPSA) is 53.0 Å². The molecule has 1 N–H and O–H groups in total. The predicted octanol–water partition coefficient (Wildman–Crippen LogP) is 0.866. The van der Waals surface area contributed by atoms with E-state index in [2.05, 4.69) is 4.90 Å². The molecule has 1 aliphatic rings. The van der Waals surface area contributed by atoms with Gasteiger partial charge < -0.3 is 19.6 Å². The first-order chi connectivity index (χ1) is 10.5. The summed E-state index contributed by atoms with van der Waals surface area (Å²) in [6.45, 7) is 2.44. The van der Waals surface area contributed by atoms with Crippen LogP contribution in [0, 0.1) is 11.8 Å². The van der Waals surface area contributed by atoms with E-state index in [1.54, 1.807) is 7.11 Å². The first-order valence-electron chi connectivity index (χ1n) is 7.69. The zero-order valence-electron chi connectivity index (χ0n) is 13.7. The molecule has 0 unspecified atom stereocenters. The van der Waals surface area contributed by atoms with Gasteiger partial charge in [-0.3, -0.25) is 4.79 Å². The molecule has 0 aromatic heterocycles. The van der Waals surface area contributed by atoms with Gasteiger partial charge in [0.1, 0.15) is 5.75 Å². The molecule has 1 heterocycles. The van der Waals surface area contributed by atoms with Crippen LogP contribution in [0.15, 0.2) is 24.3 Å². The van der Waals surface area contributed by atoms with Crippen molar-refractivity contribution in [1.29, 1.82) is 0 Å². The standard InChI is InChI=1S/C17H26N2O3/c1-18(2)9-14-10-19(11-15(14)12-20)17(21)8-13-4-6-16(22-3)7-5-13/h4-7,14-15,20H,8-12H2,1-3H3/t14-,15-/m1/s1. The van der Waals surface area contributed by atoms with Crippen LogP contribution in [-0.4, -0.2) is 68.3 Å². The summed E-state index contributed by atoms with van der Waals surface area (Å²) in [7, 11) is 5.68. The summed E-state index contributed by atoms with van der Waals surface area (Å²) in [6, 6.07) is 7.59. The molecule has 5 heteroatoms. The van der Waals surface area contributed by atoms with Crippen molar-refractivity contribution in [2.45, 2.75) is 6.42 Å². The molecule has 1 amide bonds. The number of hydrogen-bond acceptors (Lipinski definition) is 4. The predicted molar refractivity (Wildman–Crippen MR) is 85.9 cm³/mol. The lowest BCUT2D eigenvalue weighted by atomic mass is 9.97. The molecule has 1 aliphatic heterocycles. The van der Waals surface area contributed by atoms with E-state index in [9.17, 15) is 9.90 Å². The molecule has 0 aliphatic carbocycles. The van der Waals surface area contributed by atoms with Gasteiger partial charge >= 0.3 is 0 Å². The van der Waals surface area contributed by atoms with Gasteiger partial charge in [0.05, 0.1) is 13.5 Å². The van der Waals surface area contributed by atoms with Crippen LogP contribution < -0.4 is 4.74 Å². The first-order valence-corrected chi connectivity index (χ1v) is 7.69. The highest BCUT2D eigenvalue weighted by atomic mass is 16.5. The summed E-state index contributed by atoms with van der Waals surface area (Å²) in [4.78, 5) is 16.5. The van der Waals surface area contributed by atoms with Crippen molar-refractivity contribution in [3.63, 3.8) is 0 Å². The molecular formula is C17H26N2O3. The second-order valence-corrected chi connectivity index (χ2v) is 6.29. The minimum atomic E-state index is 0.130. The number of likely N-dealkylation sites (tertiary alicyclic amines) is 1. The number of ether oxygens (including phenoxy) is 1. The van der Waals surface area contributed by atoms with Crippen LogP contribution in [0.2, 0.25) is 0 Å². The Morgan fingerprint density at radius 2 is 1.91 bits per heavy atom. The third-order valence-electron chi connectivity index (χ3n) is 4.28. The number of carbonyl (C=O) groups is 1. The maximum Gasteiger partial charge on any atom is 0.227 e. The highest BCUT2D eigenvalue weighted by molar-refractivity contribution is 5.79. The first kappa shape index (κ1) is 16.8. The number of aliphatic hydroxyl groups excluding tert-OH is 1. The summed E-state index contributed by atoms with van der Waals surface area (Å²) < 4.78 is 5.13. The maximum atomic E-state index is 12.5. The summed E-state index contributed by atoms with van der Waals surface area (Å²) in [5.41, 5.74) is 0.988. The highest BCUT2D eigenvalue weighted by Gasteiger charge is 2.34. The van der Waals surface area contributed by atoms with Gasteiger partial charge in [-0.15, -0.1) is 0 Å². The quantitative estimate of drug-likeness (QED) is 0.847. The fourth-order valence-corrected chi connectivity index (χ4v) is 3.05. The van der Waals surface area contributed by atoms with E-state index in [4.69, 9.17) is 4.74 Å². The van der Waals surface area contributed by atoms with Crippen molar-refractivity contribution in [2.75, 3.05) is 47.4 Å². The summed E-state index contributed by atoms with van der Waals surface area (Å²) in [6.07, 6.45) is 0.400. The van der Waals surface area contributed by atoms with E-state index in [1.165, 1.54) is 0 Å². The molecule has 122 valence electrons. The lowest BCUT2D eigenvalue weighted by Gasteiger charge is -2.20. The Bertz CT molecular complexity index is 487. The van der Waals surface area contributed by atoms with E-state index in [0.29, 0.717) is 18.9 Å². The smallest absolute Gasteiger partial charge is 0.227 e. The van der Waals surface area contributed by atoms with Crippen LogP contribution in [0.3, 0.4) is 0 Å². The van der Waals surface area contributed by atoms with Crippen LogP contribution in [0.5, 0.6) is 5.75 Å². The van der Waals surface area contributed by atoms with Gasteiger partial charge in [0.25, 0.3) is 0 Å². The minimum absolute atomic E-state index is 0.130. The Hall–Kier alpha value is -1.59. The van der Waals surface area contributed by atoms with Crippen molar-refractivity contribution < 1.29 is 14.6 Å². The van der Waals surface area contributed by atoms with Crippen LogP contribution in [0.1, 0.15) is 5.56 Å². The van der Waals surface area contributed by atoms with Crippen LogP contribution in [0.25, 0.3) is 0 Å². The van der Waals surface area contributed by atoms with Gasteiger partial charge in [-0.25, -0.2) is 0 Å². The molecule has 1 aromatic rings. The second kappa shape index (κ2) is 7.61. The fraction of sp³-hybridized carbons (Fsp3) is 0.588. The summed E-state index contributed by atoms with van der Waals surface area (Å²) in [5.74, 6) is 1.45. The van der Waals surface area contributed by atoms with Crippen LogP contribution in [0.4, 0.5) is 0 Å². The molecule has 0 spiro atoms.